The standard InChI is InChI=1S/C18H10F4IS.ClH/c19-11-5-12(20)8-17(7-11)24(16-3-1-15(23)2-4-16)18-9-13(21)6-14(22)10-18;/h1-10H;1H/q+1;/p-1. The van der Waals surface area contributed by atoms with E-state index in [1.54, 1.807) is 12.1 Å². The number of rotatable bonds is 3. The molecule has 0 amide bonds. The van der Waals surface area contributed by atoms with Crippen molar-refractivity contribution in [2.75, 3.05) is 0 Å². The lowest BCUT2D eigenvalue weighted by Crippen LogP contribution is -3.00. The quantitative estimate of drug-likeness (QED) is 0.297. The van der Waals surface area contributed by atoms with Crippen molar-refractivity contribution in [3.05, 3.63) is 87.5 Å². The molecule has 0 heterocycles. The van der Waals surface area contributed by atoms with Gasteiger partial charge in [-0.1, -0.05) is 0 Å². The summed E-state index contributed by atoms with van der Waals surface area (Å²) in [5, 5.41) is 0. The van der Waals surface area contributed by atoms with Gasteiger partial charge in [-0.3, -0.25) is 0 Å². The monoisotopic (exact) mass is 496 g/mol. The Morgan fingerprint density at radius 3 is 1.28 bits per heavy atom. The second-order valence-electron chi connectivity index (χ2n) is 4.97. The summed E-state index contributed by atoms with van der Waals surface area (Å²) in [7, 11) is -1.03. The second kappa shape index (κ2) is 8.42. The molecule has 3 rings (SSSR count). The number of halogens is 6. The molecule has 0 atom stereocenters. The summed E-state index contributed by atoms with van der Waals surface area (Å²) in [6.07, 6.45) is 0. The third kappa shape index (κ3) is 4.89. The summed E-state index contributed by atoms with van der Waals surface area (Å²) in [5.41, 5.74) is 0. The van der Waals surface area contributed by atoms with E-state index in [9.17, 15) is 17.6 Å². The highest BCUT2D eigenvalue weighted by Crippen LogP contribution is 2.33. The van der Waals surface area contributed by atoms with E-state index in [2.05, 4.69) is 22.6 Å². The summed E-state index contributed by atoms with van der Waals surface area (Å²) in [6.45, 7) is 0. The zero-order valence-electron chi connectivity index (χ0n) is 12.4. The largest absolute Gasteiger partial charge is 1.00 e. The fourth-order valence-electron chi connectivity index (χ4n) is 2.27. The Balaban J connectivity index is 0.00000225. The van der Waals surface area contributed by atoms with Crippen LogP contribution >= 0.6 is 22.6 Å². The number of hydrogen-bond donors (Lipinski definition) is 0. The molecule has 0 aliphatic rings. The predicted molar refractivity (Wildman–Crippen MR) is 94.0 cm³/mol. The number of benzene rings is 3. The summed E-state index contributed by atoms with van der Waals surface area (Å²) < 4.78 is 55.6. The van der Waals surface area contributed by atoms with Gasteiger partial charge in [0.25, 0.3) is 0 Å². The van der Waals surface area contributed by atoms with Gasteiger partial charge in [0.2, 0.25) is 0 Å². The van der Waals surface area contributed by atoms with Gasteiger partial charge >= 0.3 is 0 Å². The highest BCUT2D eigenvalue weighted by molar-refractivity contribution is 14.1. The molecule has 0 aliphatic heterocycles. The van der Waals surface area contributed by atoms with Crippen LogP contribution in [-0.2, 0) is 10.9 Å². The van der Waals surface area contributed by atoms with Crippen LogP contribution in [0.2, 0.25) is 0 Å². The van der Waals surface area contributed by atoms with Crippen LogP contribution in [-0.4, -0.2) is 0 Å². The van der Waals surface area contributed by atoms with E-state index in [1.807, 2.05) is 12.1 Å². The predicted octanol–water partition coefficient (Wildman–Crippen LogP) is 2.95. The Bertz CT molecular complexity index is 795. The van der Waals surface area contributed by atoms with Crippen molar-refractivity contribution in [3.8, 4) is 0 Å². The van der Waals surface area contributed by atoms with E-state index < -0.39 is 34.2 Å². The van der Waals surface area contributed by atoms with Crippen LogP contribution in [0.25, 0.3) is 0 Å². The van der Waals surface area contributed by atoms with Crippen LogP contribution in [0.3, 0.4) is 0 Å². The van der Waals surface area contributed by atoms with Crippen LogP contribution < -0.4 is 12.4 Å². The van der Waals surface area contributed by atoms with Crippen LogP contribution in [0.4, 0.5) is 17.6 Å². The van der Waals surface area contributed by atoms with Gasteiger partial charge in [-0.2, -0.15) is 0 Å². The molecule has 0 bridgehead atoms. The molecule has 0 saturated heterocycles. The second-order valence-corrected chi connectivity index (χ2v) is 8.24. The molecule has 25 heavy (non-hydrogen) atoms. The molecule has 0 nitrogen and oxygen atoms in total. The first-order valence-corrected chi connectivity index (χ1v) is 9.15. The van der Waals surface area contributed by atoms with Crippen molar-refractivity contribution in [1.29, 1.82) is 0 Å². The van der Waals surface area contributed by atoms with Gasteiger partial charge < -0.3 is 12.4 Å². The Morgan fingerprint density at radius 2 is 0.920 bits per heavy atom. The Labute approximate surface area is 165 Å². The van der Waals surface area contributed by atoms with Crippen LogP contribution in [0.1, 0.15) is 0 Å². The zero-order chi connectivity index (χ0) is 17.3. The van der Waals surface area contributed by atoms with Gasteiger partial charge in [-0.15, -0.1) is 0 Å². The van der Waals surface area contributed by atoms with Crippen molar-refractivity contribution in [3.63, 3.8) is 0 Å². The molecule has 0 spiro atoms. The third-order valence-electron chi connectivity index (χ3n) is 3.19. The van der Waals surface area contributed by atoms with Gasteiger partial charge in [-0.25, -0.2) is 17.6 Å². The normalized spacial score (nSPS) is 10.6. The summed E-state index contributed by atoms with van der Waals surface area (Å²) in [4.78, 5) is 1.35. The molecular weight excluding hydrogens is 487 g/mol. The molecule has 0 aliphatic carbocycles. The molecule has 0 fully saturated rings. The van der Waals surface area contributed by atoms with Crippen molar-refractivity contribution < 1.29 is 30.0 Å². The minimum absolute atomic E-state index is 0. The lowest BCUT2D eigenvalue weighted by molar-refractivity contribution is -0.00000718. The fourth-order valence-corrected chi connectivity index (χ4v) is 4.78. The minimum Gasteiger partial charge on any atom is -1.00 e. The Morgan fingerprint density at radius 1 is 0.560 bits per heavy atom. The molecule has 3 aromatic carbocycles. The smallest absolute Gasteiger partial charge is 0.172 e. The lowest BCUT2D eigenvalue weighted by atomic mass is 10.3. The van der Waals surface area contributed by atoms with Gasteiger partial charge in [0.15, 0.2) is 14.7 Å². The van der Waals surface area contributed by atoms with E-state index in [-0.39, 0.29) is 12.4 Å². The Hall–Kier alpha value is -1.25. The average Bonchev–Trinajstić information content (AvgIpc) is 2.47. The first-order valence-electron chi connectivity index (χ1n) is 6.84. The maximum absolute atomic E-state index is 13.7. The molecule has 0 unspecified atom stereocenters. The first kappa shape index (κ1) is 20.1. The maximum atomic E-state index is 13.7. The van der Waals surface area contributed by atoms with Gasteiger partial charge in [0, 0.05) is 40.0 Å². The topological polar surface area (TPSA) is 0 Å². The fraction of sp³-hybridized carbons (Fsp3) is 0. The molecule has 0 N–H and O–H groups in total. The van der Waals surface area contributed by atoms with E-state index in [4.69, 9.17) is 0 Å². The molecule has 3 aromatic rings. The van der Waals surface area contributed by atoms with E-state index in [0.717, 1.165) is 15.7 Å². The Kier molecular flexibility index (Phi) is 6.76. The van der Waals surface area contributed by atoms with Crippen LogP contribution in [0.15, 0.2) is 75.4 Å². The van der Waals surface area contributed by atoms with E-state index >= 15 is 0 Å². The highest BCUT2D eigenvalue weighted by Gasteiger charge is 2.31. The number of hydrogen-bond acceptors (Lipinski definition) is 0. The van der Waals surface area contributed by atoms with Gasteiger partial charge in [-0.05, 0) is 46.9 Å². The van der Waals surface area contributed by atoms with E-state index in [1.165, 1.54) is 24.3 Å². The van der Waals surface area contributed by atoms with Crippen LogP contribution in [0, 0.1) is 26.8 Å². The first-order chi connectivity index (χ1) is 11.4. The summed E-state index contributed by atoms with van der Waals surface area (Å²) in [5.74, 6) is -2.93. The summed E-state index contributed by atoms with van der Waals surface area (Å²) >= 11 is 2.13. The minimum atomic E-state index is -1.03. The van der Waals surface area contributed by atoms with Crippen LogP contribution in [0.5, 0.6) is 0 Å². The van der Waals surface area contributed by atoms with Crippen molar-refractivity contribution in [2.24, 2.45) is 0 Å². The lowest BCUT2D eigenvalue weighted by Gasteiger charge is -2.09. The van der Waals surface area contributed by atoms with Crippen molar-refractivity contribution >= 4 is 33.5 Å². The average molecular weight is 497 g/mol. The molecule has 0 aromatic heterocycles. The van der Waals surface area contributed by atoms with Gasteiger partial charge in [0.05, 0.1) is 10.9 Å². The molecule has 130 valence electrons. The third-order valence-corrected chi connectivity index (χ3v) is 6.07. The highest BCUT2D eigenvalue weighted by atomic mass is 127. The maximum Gasteiger partial charge on any atom is 0.172 e. The van der Waals surface area contributed by atoms with Crippen molar-refractivity contribution in [1.82, 2.24) is 0 Å². The van der Waals surface area contributed by atoms with Crippen molar-refractivity contribution in [2.45, 2.75) is 14.7 Å². The van der Waals surface area contributed by atoms with Gasteiger partial charge in [0.1, 0.15) is 23.3 Å². The zero-order valence-corrected chi connectivity index (χ0v) is 16.2. The molecule has 0 saturated carbocycles. The molecule has 7 heteroatoms. The SMILES string of the molecule is Fc1cc(F)cc([S+](c2ccc(I)cc2)c2cc(F)cc(F)c2)c1.[Cl-]. The summed E-state index contributed by atoms with van der Waals surface area (Å²) in [6, 6.07) is 13.5. The molecular formula is C18H10ClF4IS. The molecule has 0 radical (unpaired) electrons. The van der Waals surface area contributed by atoms with E-state index in [0.29, 0.717) is 14.7 Å².